The van der Waals surface area contributed by atoms with Crippen molar-refractivity contribution in [1.29, 1.82) is 0 Å². The van der Waals surface area contributed by atoms with Crippen molar-refractivity contribution in [3.05, 3.63) is 0 Å². The summed E-state index contributed by atoms with van der Waals surface area (Å²) in [6.07, 6.45) is 2.50. The van der Waals surface area contributed by atoms with Crippen molar-refractivity contribution >= 4 is 5.97 Å². The molecular formula is C12H24N2O2. The Morgan fingerprint density at radius 3 is 2.81 bits per heavy atom. The summed E-state index contributed by atoms with van der Waals surface area (Å²) in [4.78, 5) is 16.0. The molecule has 0 aromatic carbocycles. The van der Waals surface area contributed by atoms with E-state index >= 15 is 0 Å². The molecule has 1 aliphatic heterocycles. The number of nitrogens with zero attached hydrogens (tertiary/aromatic N) is 2. The minimum atomic E-state index is -0.144. The summed E-state index contributed by atoms with van der Waals surface area (Å²) < 4.78 is 5.02. The van der Waals surface area contributed by atoms with Gasteiger partial charge >= 0.3 is 5.97 Å². The molecule has 0 N–H and O–H groups in total. The van der Waals surface area contributed by atoms with E-state index in [0.29, 0.717) is 12.6 Å². The van der Waals surface area contributed by atoms with Crippen molar-refractivity contribution in [2.24, 2.45) is 0 Å². The Hall–Kier alpha value is -0.610. The zero-order valence-corrected chi connectivity index (χ0v) is 10.9. The average Bonchev–Trinajstić information content (AvgIpc) is 2.63. The van der Waals surface area contributed by atoms with Gasteiger partial charge in [0.2, 0.25) is 0 Å². The fourth-order valence-corrected chi connectivity index (χ4v) is 2.14. The highest BCUT2D eigenvalue weighted by Crippen LogP contribution is 2.16. The summed E-state index contributed by atoms with van der Waals surface area (Å²) in [5, 5.41) is 0. The van der Waals surface area contributed by atoms with Crippen LogP contribution in [-0.2, 0) is 9.53 Å². The van der Waals surface area contributed by atoms with Crippen LogP contribution in [0.1, 0.15) is 26.7 Å². The number of likely N-dealkylation sites (N-methyl/N-ethyl adjacent to an activating group) is 2. The molecule has 2 atom stereocenters. The number of carbonyl (C=O) groups excluding carboxylic acids is 1. The van der Waals surface area contributed by atoms with E-state index < -0.39 is 0 Å². The number of ether oxygens (including phenoxy) is 1. The molecule has 0 aliphatic carbocycles. The van der Waals surface area contributed by atoms with E-state index in [1.165, 1.54) is 19.4 Å². The summed E-state index contributed by atoms with van der Waals surface area (Å²) in [5.74, 6) is -0.120. The lowest BCUT2D eigenvalue weighted by molar-refractivity contribution is -0.148. The van der Waals surface area contributed by atoms with Gasteiger partial charge in [-0.05, 0) is 47.3 Å². The second-order valence-corrected chi connectivity index (χ2v) is 4.64. The first-order valence-electron chi connectivity index (χ1n) is 6.13. The number of rotatable bonds is 5. The van der Waals surface area contributed by atoms with Crippen LogP contribution in [0.25, 0.3) is 0 Å². The normalized spacial score (nSPS) is 23.7. The summed E-state index contributed by atoms with van der Waals surface area (Å²) in [5.41, 5.74) is 0. The van der Waals surface area contributed by atoms with Gasteiger partial charge in [0.15, 0.2) is 0 Å². The summed E-state index contributed by atoms with van der Waals surface area (Å²) in [7, 11) is 4.15. The first kappa shape index (κ1) is 13.5. The lowest BCUT2D eigenvalue weighted by Crippen LogP contribution is -2.44. The fraction of sp³-hybridized carbons (Fsp3) is 0.917. The quantitative estimate of drug-likeness (QED) is 0.656. The summed E-state index contributed by atoms with van der Waals surface area (Å²) >= 11 is 0. The monoisotopic (exact) mass is 228 g/mol. The van der Waals surface area contributed by atoms with Crippen LogP contribution >= 0.6 is 0 Å². The fourth-order valence-electron chi connectivity index (χ4n) is 2.14. The van der Waals surface area contributed by atoms with Crippen molar-refractivity contribution in [3.63, 3.8) is 0 Å². The molecule has 1 fully saturated rings. The molecule has 2 unspecified atom stereocenters. The Morgan fingerprint density at radius 2 is 2.31 bits per heavy atom. The highest BCUT2D eigenvalue weighted by atomic mass is 16.5. The highest BCUT2D eigenvalue weighted by molar-refractivity contribution is 5.75. The Balaban J connectivity index is 2.38. The molecule has 0 spiro atoms. The van der Waals surface area contributed by atoms with Crippen LogP contribution in [0.15, 0.2) is 0 Å². The molecule has 0 bridgehead atoms. The zero-order chi connectivity index (χ0) is 12.1. The van der Waals surface area contributed by atoms with E-state index in [-0.39, 0.29) is 12.0 Å². The largest absolute Gasteiger partial charge is 0.465 e. The van der Waals surface area contributed by atoms with Gasteiger partial charge in [0.05, 0.1) is 6.61 Å². The minimum Gasteiger partial charge on any atom is -0.465 e. The van der Waals surface area contributed by atoms with Crippen molar-refractivity contribution in [1.82, 2.24) is 9.80 Å². The van der Waals surface area contributed by atoms with E-state index in [1.807, 2.05) is 20.9 Å². The average molecular weight is 228 g/mol. The topological polar surface area (TPSA) is 32.8 Å². The van der Waals surface area contributed by atoms with Gasteiger partial charge in [0.25, 0.3) is 0 Å². The van der Waals surface area contributed by atoms with E-state index in [1.54, 1.807) is 0 Å². The molecule has 0 aromatic rings. The Kier molecular flexibility index (Phi) is 5.22. The summed E-state index contributed by atoms with van der Waals surface area (Å²) in [6.45, 7) is 6.32. The molecule has 0 aromatic heterocycles. The number of likely N-dealkylation sites (tertiary alicyclic amines) is 1. The Labute approximate surface area is 98.5 Å². The predicted octanol–water partition coefficient (Wildman–Crippen LogP) is 0.964. The lowest BCUT2D eigenvalue weighted by Gasteiger charge is -2.28. The first-order valence-corrected chi connectivity index (χ1v) is 6.13. The van der Waals surface area contributed by atoms with Crippen molar-refractivity contribution in [3.8, 4) is 0 Å². The lowest BCUT2D eigenvalue weighted by atomic mass is 10.2. The van der Waals surface area contributed by atoms with Crippen LogP contribution in [0.2, 0.25) is 0 Å². The second-order valence-electron chi connectivity index (χ2n) is 4.64. The van der Waals surface area contributed by atoms with Crippen LogP contribution in [0.4, 0.5) is 0 Å². The van der Waals surface area contributed by atoms with Crippen LogP contribution in [0.3, 0.4) is 0 Å². The number of hydrogen-bond acceptors (Lipinski definition) is 4. The molecule has 1 saturated heterocycles. The highest BCUT2D eigenvalue weighted by Gasteiger charge is 2.26. The molecule has 94 valence electrons. The Morgan fingerprint density at radius 1 is 1.62 bits per heavy atom. The maximum Gasteiger partial charge on any atom is 0.323 e. The second kappa shape index (κ2) is 6.21. The third-order valence-corrected chi connectivity index (χ3v) is 3.46. The van der Waals surface area contributed by atoms with E-state index in [9.17, 15) is 4.79 Å². The van der Waals surface area contributed by atoms with Gasteiger partial charge in [0, 0.05) is 12.6 Å². The van der Waals surface area contributed by atoms with Crippen LogP contribution in [-0.4, -0.2) is 61.6 Å². The Bertz CT molecular complexity index is 233. The van der Waals surface area contributed by atoms with Gasteiger partial charge in [-0.1, -0.05) is 0 Å². The third kappa shape index (κ3) is 3.46. The first-order chi connectivity index (χ1) is 7.56. The van der Waals surface area contributed by atoms with Crippen molar-refractivity contribution in [2.75, 3.05) is 33.8 Å². The summed E-state index contributed by atoms with van der Waals surface area (Å²) in [6, 6.07) is 0.441. The van der Waals surface area contributed by atoms with Crippen LogP contribution in [0, 0.1) is 0 Å². The molecule has 1 rings (SSSR count). The molecule has 16 heavy (non-hydrogen) atoms. The van der Waals surface area contributed by atoms with Gasteiger partial charge in [-0.25, -0.2) is 0 Å². The molecule has 4 heteroatoms. The van der Waals surface area contributed by atoms with Gasteiger partial charge in [-0.3, -0.25) is 9.69 Å². The van der Waals surface area contributed by atoms with Crippen molar-refractivity contribution in [2.45, 2.75) is 38.8 Å². The van der Waals surface area contributed by atoms with Gasteiger partial charge in [-0.15, -0.1) is 0 Å². The third-order valence-electron chi connectivity index (χ3n) is 3.46. The maximum atomic E-state index is 11.6. The smallest absolute Gasteiger partial charge is 0.323 e. The molecule has 1 aliphatic rings. The van der Waals surface area contributed by atoms with E-state index in [0.717, 1.165) is 6.54 Å². The minimum absolute atomic E-state index is 0.120. The maximum absolute atomic E-state index is 11.6. The van der Waals surface area contributed by atoms with Crippen LogP contribution < -0.4 is 0 Å². The van der Waals surface area contributed by atoms with Crippen LogP contribution in [0.5, 0.6) is 0 Å². The number of carbonyl (C=O) groups is 1. The molecule has 0 amide bonds. The molecule has 0 radical (unpaired) electrons. The van der Waals surface area contributed by atoms with E-state index in [4.69, 9.17) is 4.74 Å². The zero-order valence-electron chi connectivity index (χ0n) is 10.9. The predicted molar refractivity (Wildman–Crippen MR) is 64.4 cm³/mol. The van der Waals surface area contributed by atoms with Gasteiger partial charge < -0.3 is 9.64 Å². The van der Waals surface area contributed by atoms with E-state index in [2.05, 4.69) is 16.8 Å². The SMILES string of the molecule is CCOC(=O)C(C)N(C)CC1CCCN1C. The standard InChI is InChI=1S/C12H24N2O2/c1-5-16-12(15)10(2)14(4)9-11-7-6-8-13(11)3/h10-11H,5-9H2,1-4H3. The number of esters is 1. The number of hydrogen-bond donors (Lipinski definition) is 0. The molecule has 0 saturated carbocycles. The molecular weight excluding hydrogens is 204 g/mol. The van der Waals surface area contributed by atoms with Crippen molar-refractivity contribution < 1.29 is 9.53 Å². The van der Waals surface area contributed by atoms with Gasteiger partial charge in [0.1, 0.15) is 6.04 Å². The molecule has 1 heterocycles. The van der Waals surface area contributed by atoms with Gasteiger partial charge in [-0.2, -0.15) is 0 Å². The molecule has 4 nitrogen and oxygen atoms in total.